The molecule has 6 unspecified atom stereocenters. The van der Waals surface area contributed by atoms with Gasteiger partial charge < -0.3 is 9.88 Å². The van der Waals surface area contributed by atoms with E-state index in [-0.39, 0.29) is 23.9 Å². The van der Waals surface area contributed by atoms with Crippen molar-refractivity contribution in [1.29, 1.82) is 5.26 Å². The lowest BCUT2D eigenvalue weighted by Crippen LogP contribution is -2.45. The summed E-state index contributed by atoms with van der Waals surface area (Å²) >= 11 is 1.74. The number of fused-ring (bicyclic) bond motifs is 3. The molecule has 3 heterocycles. The summed E-state index contributed by atoms with van der Waals surface area (Å²) in [6.45, 7) is 2.95. The smallest absolute Gasteiger partial charge is 0.223 e. The zero-order chi connectivity index (χ0) is 27.2. The van der Waals surface area contributed by atoms with Crippen LogP contribution in [0.3, 0.4) is 0 Å². The van der Waals surface area contributed by atoms with Gasteiger partial charge in [-0.3, -0.25) is 10.2 Å². The van der Waals surface area contributed by atoms with Crippen LogP contribution in [0.25, 0.3) is 21.1 Å². The number of aryl methyl sites for hydroxylation is 1. The van der Waals surface area contributed by atoms with Crippen LogP contribution in [0.1, 0.15) is 67.1 Å². The van der Waals surface area contributed by atoms with Crippen molar-refractivity contribution in [3.8, 4) is 6.07 Å². The standard InChI is InChI=1S/C32H36N6OS/c1-19-34-28-12-9-21(15-30(28)40-19)31-26-14-22(10-11-27(26)36-37-31)32(39)35-24-6-4-5-20(13-24)17-38-18-23(16-33)25-7-2-3-8-29(25)38/h2-3,7-9,12,15,18,20,22,24,26-27,31,36-37H,4-6,10-11,13-14,17H2,1H3,(H,35,39). The molecule has 8 heteroatoms. The summed E-state index contributed by atoms with van der Waals surface area (Å²) in [5.74, 6) is 1.19. The fraction of sp³-hybridized carbons (Fsp3) is 0.469. The van der Waals surface area contributed by atoms with Gasteiger partial charge in [0.1, 0.15) is 6.07 Å². The van der Waals surface area contributed by atoms with Crippen LogP contribution in [0, 0.1) is 36.0 Å². The van der Waals surface area contributed by atoms with E-state index in [2.05, 4.69) is 63.0 Å². The molecule has 7 nitrogen and oxygen atoms in total. The number of carbonyl (C=O) groups is 1. The summed E-state index contributed by atoms with van der Waals surface area (Å²) in [4.78, 5) is 18.2. The second-order valence-electron chi connectivity index (χ2n) is 12.1. The molecule has 2 aromatic carbocycles. The molecule has 206 valence electrons. The molecule has 3 N–H and O–H groups in total. The van der Waals surface area contributed by atoms with Gasteiger partial charge in [0.15, 0.2) is 0 Å². The third kappa shape index (κ3) is 4.81. The molecule has 3 fully saturated rings. The van der Waals surface area contributed by atoms with Crippen molar-refractivity contribution in [3.05, 3.63) is 64.8 Å². The Labute approximate surface area is 238 Å². The highest BCUT2D eigenvalue weighted by atomic mass is 32.1. The summed E-state index contributed by atoms with van der Waals surface area (Å²) in [7, 11) is 0. The summed E-state index contributed by atoms with van der Waals surface area (Å²) in [6.07, 6.45) is 9.20. The van der Waals surface area contributed by atoms with Gasteiger partial charge in [0, 0.05) is 41.6 Å². The average molecular weight is 553 g/mol. The Hall–Kier alpha value is -3.25. The van der Waals surface area contributed by atoms with Crippen molar-refractivity contribution in [2.45, 2.75) is 76.5 Å². The van der Waals surface area contributed by atoms with Gasteiger partial charge in [0.2, 0.25) is 5.91 Å². The number of amides is 1. The molecular formula is C32H36N6OS. The average Bonchev–Trinajstić information content (AvgIpc) is 3.66. The van der Waals surface area contributed by atoms with Gasteiger partial charge >= 0.3 is 0 Å². The molecule has 2 aliphatic carbocycles. The summed E-state index contributed by atoms with van der Waals surface area (Å²) < 4.78 is 3.48. The summed E-state index contributed by atoms with van der Waals surface area (Å²) in [5, 5.41) is 15.2. The van der Waals surface area contributed by atoms with Gasteiger partial charge in [0.25, 0.3) is 0 Å². The second kappa shape index (κ2) is 10.6. The van der Waals surface area contributed by atoms with Crippen molar-refractivity contribution in [2.75, 3.05) is 0 Å². The molecule has 1 saturated heterocycles. The van der Waals surface area contributed by atoms with E-state index in [4.69, 9.17) is 0 Å². The number of hydrogen-bond donors (Lipinski definition) is 3. The quantitative estimate of drug-likeness (QED) is 0.294. The largest absolute Gasteiger partial charge is 0.353 e. The Balaban J connectivity index is 0.996. The minimum Gasteiger partial charge on any atom is -0.353 e. The van der Waals surface area contributed by atoms with Gasteiger partial charge in [0.05, 0.1) is 26.8 Å². The van der Waals surface area contributed by atoms with E-state index in [1.807, 2.05) is 24.4 Å². The van der Waals surface area contributed by atoms with E-state index in [0.717, 1.165) is 78.5 Å². The molecule has 0 spiro atoms. The van der Waals surface area contributed by atoms with E-state index < -0.39 is 0 Å². The van der Waals surface area contributed by atoms with Crippen LogP contribution in [0.4, 0.5) is 0 Å². The van der Waals surface area contributed by atoms with Crippen molar-refractivity contribution < 1.29 is 4.79 Å². The first kappa shape index (κ1) is 25.7. The first-order chi connectivity index (χ1) is 19.6. The monoisotopic (exact) mass is 552 g/mol. The van der Waals surface area contributed by atoms with Crippen molar-refractivity contribution in [1.82, 2.24) is 25.7 Å². The maximum Gasteiger partial charge on any atom is 0.223 e. The molecule has 6 atom stereocenters. The van der Waals surface area contributed by atoms with E-state index in [9.17, 15) is 10.1 Å². The van der Waals surface area contributed by atoms with Gasteiger partial charge in [-0.1, -0.05) is 30.7 Å². The Morgan fingerprint density at radius 1 is 1.15 bits per heavy atom. The molecule has 0 radical (unpaired) electrons. The van der Waals surface area contributed by atoms with Crippen LogP contribution in [-0.4, -0.2) is 27.5 Å². The van der Waals surface area contributed by atoms with E-state index in [1.165, 1.54) is 10.3 Å². The molecular weight excluding hydrogens is 516 g/mol. The Morgan fingerprint density at radius 3 is 2.95 bits per heavy atom. The summed E-state index contributed by atoms with van der Waals surface area (Å²) in [5.41, 5.74) is 11.3. The number of nitriles is 1. The van der Waals surface area contributed by atoms with Crippen molar-refractivity contribution in [3.63, 3.8) is 0 Å². The van der Waals surface area contributed by atoms with Gasteiger partial charge in [-0.25, -0.2) is 10.4 Å². The Bertz CT molecular complexity index is 1600. The predicted molar refractivity (Wildman–Crippen MR) is 159 cm³/mol. The highest BCUT2D eigenvalue weighted by Gasteiger charge is 2.43. The molecule has 7 rings (SSSR count). The normalized spacial score (nSPS) is 28.4. The van der Waals surface area contributed by atoms with Crippen molar-refractivity contribution >= 4 is 38.4 Å². The number of rotatable bonds is 5. The lowest BCUT2D eigenvalue weighted by molar-refractivity contribution is -0.127. The van der Waals surface area contributed by atoms with Gasteiger partial charge in [-0.2, -0.15) is 5.26 Å². The second-order valence-corrected chi connectivity index (χ2v) is 13.3. The minimum absolute atomic E-state index is 0.0618. The van der Waals surface area contributed by atoms with Gasteiger partial charge in [-0.15, -0.1) is 11.3 Å². The predicted octanol–water partition coefficient (Wildman–Crippen LogP) is 5.74. The van der Waals surface area contributed by atoms with Crippen molar-refractivity contribution in [2.24, 2.45) is 17.8 Å². The molecule has 1 amide bonds. The SMILES string of the molecule is Cc1nc2ccc(C3NNC4CCC(C(=O)NC5CCCC(Cn6cc(C#N)c7ccccc76)C5)CC43)cc2s1. The molecule has 0 bridgehead atoms. The third-order valence-corrected chi connectivity index (χ3v) is 10.4. The number of benzene rings is 2. The number of nitrogens with one attached hydrogen (secondary N) is 3. The van der Waals surface area contributed by atoms with Crippen LogP contribution in [0.5, 0.6) is 0 Å². The first-order valence-electron chi connectivity index (χ1n) is 14.7. The molecule has 40 heavy (non-hydrogen) atoms. The fourth-order valence-corrected chi connectivity index (χ4v) is 8.42. The van der Waals surface area contributed by atoms with E-state index in [0.29, 0.717) is 17.9 Å². The number of thiazole rings is 1. The zero-order valence-corrected chi connectivity index (χ0v) is 23.7. The minimum atomic E-state index is 0.0618. The molecule has 4 aromatic rings. The number of hydrazine groups is 1. The van der Waals surface area contributed by atoms with E-state index in [1.54, 1.807) is 11.3 Å². The van der Waals surface area contributed by atoms with Crippen LogP contribution in [0.15, 0.2) is 48.7 Å². The number of carbonyl (C=O) groups excluding carboxylic acids is 1. The maximum absolute atomic E-state index is 13.6. The van der Waals surface area contributed by atoms with Gasteiger partial charge in [-0.05, 0) is 81.0 Å². The van der Waals surface area contributed by atoms with E-state index >= 15 is 0 Å². The highest BCUT2D eigenvalue weighted by Crippen LogP contribution is 2.41. The van der Waals surface area contributed by atoms with Crippen LogP contribution >= 0.6 is 11.3 Å². The van der Waals surface area contributed by atoms with Crippen LogP contribution in [0.2, 0.25) is 0 Å². The molecule has 2 saturated carbocycles. The van der Waals surface area contributed by atoms with Crippen LogP contribution in [-0.2, 0) is 11.3 Å². The molecule has 1 aliphatic heterocycles. The first-order valence-corrected chi connectivity index (χ1v) is 15.5. The van der Waals surface area contributed by atoms with Crippen LogP contribution < -0.4 is 16.2 Å². The highest BCUT2D eigenvalue weighted by molar-refractivity contribution is 7.18. The Kier molecular flexibility index (Phi) is 6.82. The lowest BCUT2D eigenvalue weighted by atomic mass is 9.74. The lowest BCUT2D eigenvalue weighted by Gasteiger charge is -2.35. The molecule has 2 aromatic heterocycles. The molecule has 3 aliphatic rings. The topological polar surface area (TPSA) is 94.8 Å². The maximum atomic E-state index is 13.6. The number of nitrogens with zero attached hydrogens (tertiary/aromatic N) is 3. The summed E-state index contributed by atoms with van der Waals surface area (Å²) in [6, 6.07) is 18.0. The number of aromatic nitrogens is 2. The fourth-order valence-electron chi connectivity index (χ4n) is 7.55. The number of para-hydroxylation sites is 1. The zero-order valence-electron chi connectivity index (χ0n) is 22.9. The number of hydrogen-bond acceptors (Lipinski definition) is 6. The third-order valence-electron chi connectivity index (χ3n) is 9.49. The Morgan fingerprint density at radius 2 is 2.05 bits per heavy atom.